The van der Waals surface area contributed by atoms with Crippen molar-refractivity contribution in [2.75, 3.05) is 12.3 Å². The summed E-state index contributed by atoms with van der Waals surface area (Å²) in [6.45, 7) is 4.88. The van der Waals surface area contributed by atoms with Crippen LogP contribution in [0.25, 0.3) is 11.6 Å². The first-order valence-electron chi connectivity index (χ1n) is 7.34. The zero-order valence-corrected chi connectivity index (χ0v) is 13.4. The molecule has 0 spiro atoms. The number of alkyl halides is 2. The zero-order chi connectivity index (χ0) is 17.6. The molecule has 1 aromatic heterocycles. The van der Waals surface area contributed by atoms with Gasteiger partial charge in [-0.05, 0) is 30.2 Å². The Morgan fingerprint density at radius 1 is 1.29 bits per heavy atom. The molecular weight excluding hydrogens is 312 g/mol. The van der Waals surface area contributed by atoms with Crippen molar-refractivity contribution in [1.29, 1.82) is 0 Å². The van der Waals surface area contributed by atoms with Crippen molar-refractivity contribution in [3.63, 3.8) is 0 Å². The lowest BCUT2D eigenvalue weighted by atomic mass is 10.1. The second-order valence-corrected chi connectivity index (χ2v) is 5.37. The second-order valence-electron chi connectivity index (χ2n) is 5.37. The molecule has 1 heterocycles. The number of rotatable bonds is 7. The lowest BCUT2D eigenvalue weighted by Crippen LogP contribution is -2.20. The first-order valence-corrected chi connectivity index (χ1v) is 7.34. The Hall–Kier alpha value is -2.60. The average Bonchev–Trinajstić information content (AvgIpc) is 2.54. The largest absolute Gasteiger partial charge is 0.395 e. The van der Waals surface area contributed by atoms with Gasteiger partial charge < -0.3 is 10.5 Å². The maximum Gasteiger partial charge on any atom is 0.289 e. The molecule has 2 N–H and O–H groups in total. The molecule has 126 valence electrons. The summed E-state index contributed by atoms with van der Waals surface area (Å²) in [5, 5.41) is 0. The Kier molecular flexibility index (Phi) is 5.76. The standard InChI is InChI=1S/C18H19F2N3O/c1-13(2)17-16(21)15(22-12-23-17)8-9-18(19,20)11-24-10-14-6-4-3-5-7-14/h3-9,12H,1,10-11,21H2,2H3. The molecule has 0 aliphatic rings. The van der Waals surface area contributed by atoms with E-state index >= 15 is 0 Å². The first-order chi connectivity index (χ1) is 11.4. The number of halogens is 2. The highest BCUT2D eigenvalue weighted by molar-refractivity contribution is 5.75. The van der Waals surface area contributed by atoms with Gasteiger partial charge in [-0.3, -0.25) is 0 Å². The quantitative estimate of drug-likeness (QED) is 0.834. The Balaban J connectivity index is 1.99. The molecule has 6 heteroatoms. The average molecular weight is 331 g/mol. The van der Waals surface area contributed by atoms with Crippen molar-refractivity contribution in [2.24, 2.45) is 0 Å². The molecule has 24 heavy (non-hydrogen) atoms. The number of anilines is 1. The summed E-state index contributed by atoms with van der Waals surface area (Å²) in [6.07, 6.45) is 3.18. The lowest BCUT2D eigenvalue weighted by Gasteiger charge is -2.13. The van der Waals surface area contributed by atoms with Gasteiger partial charge in [0.1, 0.15) is 12.9 Å². The topological polar surface area (TPSA) is 61.0 Å². The minimum atomic E-state index is -3.13. The number of benzene rings is 1. The third-order valence-electron chi connectivity index (χ3n) is 3.21. The summed E-state index contributed by atoms with van der Waals surface area (Å²) in [5.74, 6) is -3.13. The van der Waals surface area contributed by atoms with Crippen molar-refractivity contribution in [1.82, 2.24) is 9.97 Å². The number of allylic oxidation sites excluding steroid dienone is 1. The molecule has 0 atom stereocenters. The molecule has 0 saturated carbocycles. The lowest BCUT2D eigenvalue weighted by molar-refractivity contribution is -0.0451. The maximum absolute atomic E-state index is 13.9. The third kappa shape index (κ3) is 4.96. The van der Waals surface area contributed by atoms with Gasteiger partial charge in [0, 0.05) is 0 Å². The fraction of sp³-hybridized carbons (Fsp3) is 0.222. The van der Waals surface area contributed by atoms with E-state index in [1.165, 1.54) is 12.4 Å². The van der Waals surface area contributed by atoms with Crippen LogP contribution in [0.1, 0.15) is 23.9 Å². The van der Waals surface area contributed by atoms with Crippen LogP contribution in [-0.4, -0.2) is 22.5 Å². The number of ether oxygens (including phenoxy) is 1. The Morgan fingerprint density at radius 3 is 2.67 bits per heavy atom. The molecule has 0 amide bonds. The van der Waals surface area contributed by atoms with Gasteiger partial charge >= 0.3 is 0 Å². The summed E-state index contributed by atoms with van der Waals surface area (Å²) in [4.78, 5) is 7.90. The normalized spacial score (nSPS) is 11.8. The monoisotopic (exact) mass is 331 g/mol. The highest BCUT2D eigenvalue weighted by Crippen LogP contribution is 2.23. The van der Waals surface area contributed by atoms with Crippen molar-refractivity contribution in [2.45, 2.75) is 19.5 Å². The molecule has 0 fully saturated rings. The predicted molar refractivity (Wildman–Crippen MR) is 91.2 cm³/mol. The van der Waals surface area contributed by atoms with Crippen LogP contribution in [0.2, 0.25) is 0 Å². The SMILES string of the molecule is C=C(C)c1ncnc(C=CC(F)(F)COCc2ccccc2)c1N. The molecule has 0 bridgehead atoms. The molecule has 2 aromatic rings. The first kappa shape index (κ1) is 17.7. The smallest absolute Gasteiger partial charge is 0.289 e. The van der Waals surface area contributed by atoms with Gasteiger partial charge in [0.05, 0.1) is 23.7 Å². The van der Waals surface area contributed by atoms with Crippen LogP contribution in [0, 0.1) is 0 Å². The number of aromatic nitrogens is 2. The van der Waals surface area contributed by atoms with Crippen molar-refractivity contribution >= 4 is 17.3 Å². The summed E-state index contributed by atoms with van der Waals surface area (Å²) in [7, 11) is 0. The van der Waals surface area contributed by atoms with Crippen molar-refractivity contribution in [3.05, 3.63) is 66.3 Å². The van der Waals surface area contributed by atoms with Gasteiger partial charge in [-0.2, -0.15) is 8.78 Å². The van der Waals surface area contributed by atoms with E-state index in [0.29, 0.717) is 11.3 Å². The van der Waals surface area contributed by atoms with Gasteiger partial charge in [0.2, 0.25) is 0 Å². The van der Waals surface area contributed by atoms with Crippen molar-refractivity contribution < 1.29 is 13.5 Å². The fourth-order valence-corrected chi connectivity index (χ4v) is 2.01. The van der Waals surface area contributed by atoms with Gasteiger partial charge in [0.15, 0.2) is 0 Å². The van der Waals surface area contributed by atoms with Crippen molar-refractivity contribution in [3.8, 4) is 0 Å². The maximum atomic E-state index is 13.9. The Labute approximate surface area is 139 Å². The molecule has 0 aliphatic carbocycles. The van der Waals surface area contributed by atoms with Gasteiger partial charge in [0.25, 0.3) is 5.92 Å². The van der Waals surface area contributed by atoms with E-state index in [9.17, 15) is 8.78 Å². The minimum Gasteiger partial charge on any atom is -0.395 e. The van der Waals surface area contributed by atoms with Crippen LogP contribution in [0.4, 0.5) is 14.5 Å². The molecule has 1 aromatic carbocycles. The molecule has 0 radical (unpaired) electrons. The molecule has 0 aliphatic heterocycles. The van der Waals surface area contributed by atoms with E-state index in [-0.39, 0.29) is 18.0 Å². The molecule has 0 saturated heterocycles. The highest BCUT2D eigenvalue weighted by Gasteiger charge is 2.25. The van der Waals surface area contributed by atoms with E-state index < -0.39 is 12.5 Å². The van der Waals surface area contributed by atoms with Gasteiger partial charge in [-0.25, -0.2) is 9.97 Å². The number of nitrogens with two attached hydrogens (primary N) is 1. The minimum absolute atomic E-state index is 0.125. The summed E-state index contributed by atoms with van der Waals surface area (Å²) in [6, 6.07) is 9.14. The second kappa shape index (κ2) is 7.79. The van der Waals surface area contributed by atoms with E-state index in [2.05, 4.69) is 16.5 Å². The zero-order valence-electron chi connectivity index (χ0n) is 13.4. The number of nitrogen functional groups attached to an aromatic ring is 1. The van der Waals surface area contributed by atoms with Crippen LogP contribution >= 0.6 is 0 Å². The Morgan fingerprint density at radius 2 is 2.00 bits per heavy atom. The third-order valence-corrected chi connectivity index (χ3v) is 3.21. The molecular formula is C18H19F2N3O. The summed E-state index contributed by atoms with van der Waals surface area (Å²) < 4.78 is 32.9. The van der Waals surface area contributed by atoms with Crippen LogP contribution in [0.3, 0.4) is 0 Å². The number of nitrogens with zero attached hydrogens (tertiary/aromatic N) is 2. The molecule has 4 nitrogen and oxygen atoms in total. The van der Waals surface area contributed by atoms with Gasteiger partial charge in [-0.15, -0.1) is 0 Å². The van der Waals surface area contributed by atoms with E-state index in [0.717, 1.165) is 11.6 Å². The summed E-state index contributed by atoms with van der Waals surface area (Å²) in [5.41, 5.74) is 8.26. The van der Waals surface area contributed by atoms with Gasteiger partial charge in [-0.1, -0.05) is 36.9 Å². The van der Waals surface area contributed by atoms with E-state index in [4.69, 9.17) is 10.5 Å². The van der Waals surface area contributed by atoms with Crippen LogP contribution < -0.4 is 5.73 Å². The summed E-state index contributed by atoms with van der Waals surface area (Å²) >= 11 is 0. The predicted octanol–water partition coefficient (Wildman–Crippen LogP) is 3.96. The van der Waals surface area contributed by atoms with Crippen LogP contribution in [0.5, 0.6) is 0 Å². The van der Waals surface area contributed by atoms with E-state index in [1.54, 1.807) is 6.92 Å². The fourth-order valence-electron chi connectivity index (χ4n) is 2.01. The molecule has 0 unspecified atom stereocenters. The van der Waals surface area contributed by atoms with E-state index in [1.807, 2.05) is 30.3 Å². The highest BCUT2D eigenvalue weighted by atomic mass is 19.3. The number of hydrogen-bond donors (Lipinski definition) is 1. The molecule has 2 rings (SSSR count). The Bertz CT molecular complexity index is 730. The number of hydrogen-bond acceptors (Lipinski definition) is 4. The van der Waals surface area contributed by atoms with Crippen LogP contribution in [-0.2, 0) is 11.3 Å². The van der Waals surface area contributed by atoms with Crippen LogP contribution in [0.15, 0.2) is 49.3 Å².